The van der Waals surface area contributed by atoms with Crippen LogP contribution in [0.1, 0.15) is 51.1 Å². The van der Waals surface area contributed by atoms with Gasteiger partial charge in [-0.25, -0.2) is 4.79 Å². The summed E-state index contributed by atoms with van der Waals surface area (Å²) in [6.07, 6.45) is 2.78. The van der Waals surface area contributed by atoms with Crippen LogP contribution in [0.3, 0.4) is 0 Å². The number of halogens is 2. The quantitative estimate of drug-likeness (QED) is 0.115. The summed E-state index contributed by atoms with van der Waals surface area (Å²) in [5, 5.41) is 23.6. The van der Waals surface area contributed by atoms with E-state index >= 15 is 0 Å². The lowest BCUT2D eigenvalue weighted by molar-refractivity contribution is -0.122. The molecule has 9 rings (SSSR count). The minimum atomic E-state index is -0.824. The number of alkyl halides is 2. The van der Waals surface area contributed by atoms with Crippen LogP contribution in [0.2, 0.25) is 0 Å². The molecule has 0 bridgehead atoms. The molecule has 4 aromatic carbocycles. The summed E-state index contributed by atoms with van der Waals surface area (Å²) in [7, 11) is 0. The smallest absolute Gasteiger partial charge is 0.410 e. The summed E-state index contributed by atoms with van der Waals surface area (Å²) in [5.41, 5.74) is 9.83. The highest BCUT2D eigenvalue weighted by molar-refractivity contribution is 6.19. The number of H-pyrrole nitrogens is 2. The summed E-state index contributed by atoms with van der Waals surface area (Å²) in [6, 6.07) is 19.1. The molecule has 13 heteroatoms. The first-order valence-corrected chi connectivity index (χ1v) is 19.7. The molecule has 286 valence electrons. The van der Waals surface area contributed by atoms with Crippen molar-refractivity contribution in [2.75, 3.05) is 54.3 Å². The minimum Gasteiger partial charge on any atom is -0.506 e. The minimum absolute atomic E-state index is 0.00920. The molecule has 6 aromatic rings. The van der Waals surface area contributed by atoms with Gasteiger partial charge >= 0.3 is 6.09 Å². The van der Waals surface area contributed by atoms with E-state index in [-0.39, 0.29) is 60.7 Å². The van der Waals surface area contributed by atoms with Gasteiger partial charge in [-0.05, 0) is 58.4 Å². The predicted molar refractivity (Wildman–Crippen MR) is 218 cm³/mol. The Labute approximate surface area is 332 Å². The molecule has 1 aliphatic carbocycles. The van der Waals surface area contributed by atoms with E-state index in [1.165, 1.54) is 9.80 Å². The topological polar surface area (TPSA) is 142 Å². The molecule has 3 aliphatic rings. The van der Waals surface area contributed by atoms with Crippen LogP contribution >= 0.6 is 23.2 Å². The molecule has 3 amide bonds. The van der Waals surface area contributed by atoms with Gasteiger partial charge in [0.1, 0.15) is 31.2 Å². The molecule has 0 unspecified atom stereocenters. The first-order chi connectivity index (χ1) is 27.1. The molecule has 2 aliphatic heterocycles. The molecule has 4 N–H and O–H groups in total. The number of aromatic amines is 2. The van der Waals surface area contributed by atoms with Crippen molar-refractivity contribution in [2.24, 2.45) is 0 Å². The first-order valence-electron chi connectivity index (χ1n) is 18.6. The van der Waals surface area contributed by atoms with Gasteiger partial charge in [0, 0.05) is 77.9 Å². The number of phenolic OH excluding ortho intramolecular Hbond substituents is 2. The number of anilines is 2. The van der Waals surface area contributed by atoms with Crippen LogP contribution in [-0.2, 0) is 14.3 Å². The number of nitrogens with one attached hydrogen (secondary N) is 2. The molecule has 56 heavy (non-hydrogen) atoms. The lowest BCUT2D eigenvalue weighted by atomic mass is 9.97. The van der Waals surface area contributed by atoms with Crippen LogP contribution in [0.25, 0.3) is 32.9 Å². The first kappa shape index (κ1) is 36.0. The second kappa shape index (κ2) is 13.8. The zero-order valence-corrected chi connectivity index (χ0v) is 32.2. The van der Waals surface area contributed by atoms with E-state index in [1.54, 1.807) is 24.5 Å². The summed E-state index contributed by atoms with van der Waals surface area (Å²) < 4.78 is 6.03. The van der Waals surface area contributed by atoms with Gasteiger partial charge < -0.3 is 34.7 Å². The Balaban J connectivity index is 1.04. The number of hydrogen-bond donors (Lipinski definition) is 4. The number of aromatic hydroxyl groups is 2. The SMILES string of the molecule is Cc1c[nH]c2c(O)cc3c(c12)[C@H](CCl)CN3C(=O)CN(CC(=O)N1C[C@@H](CCl)c2c1cc(O)c1[nH]cc(C)c21)C(=O)OCC1c2ccccc2-c2ccccc21. The van der Waals surface area contributed by atoms with E-state index < -0.39 is 31.0 Å². The van der Waals surface area contributed by atoms with E-state index in [2.05, 4.69) is 9.97 Å². The van der Waals surface area contributed by atoms with Gasteiger partial charge in [-0.15, -0.1) is 23.2 Å². The number of aryl methyl sites for hydroxylation is 2. The maximum Gasteiger partial charge on any atom is 0.410 e. The molecule has 2 atom stereocenters. The summed E-state index contributed by atoms with van der Waals surface area (Å²) in [6.45, 7) is 3.33. The van der Waals surface area contributed by atoms with Crippen molar-refractivity contribution in [1.82, 2.24) is 14.9 Å². The van der Waals surface area contributed by atoms with Gasteiger partial charge in [-0.2, -0.15) is 0 Å². The molecule has 11 nitrogen and oxygen atoms in total. The second-order valence-electron chi connectivity index (χ2n) is 15.0. The Morgan fingerprint density at radius 1 is 0.750 bits per heavy atom. The number of fused-ring (bicyclic) bond motifs is 9. The monoisotopic (exact) mass is 791 g/mol. The number of amides is 3. The fourth-order valence-corrected chi connectivity index (χ4v) is 9.65. The van der Waals surface area contributed by atoms with Gasteiger partial charge in [0.2, 0.25) is 11.8 Å². The van der Waals surface area contributed by atoms with Gasteiger partial charge in [-0.3, -0.25) is 14.5 Å². The molecule has 0 fully saturated rings. The number of aromatic nitrogens is 2. The Kier molecular flexibility index (Phi) is 8.89. The molecule has 0 saturated carbocycles. The number of benzene rings is 4. The van der Waals surface area contributed by atoms with Crippen LogP contribution in [-0.4, -0.2) is 87.5 Å². The normalized spacial score (nSPS) is 17.0. The third-order valence-corrected chi connectivity index (χ3v) is 12.5. The zero-order valence-electron chi connectivity index (χ0n) is 30.7. The molecule has 0 saturated heterocycles. The molecule has 0 radical (unpaired) electrons. The van der Waals surface area contributed by atoms with Crippen LogP contribution in [0.4, 0.5) is 16.2 Å². The Morgan fingerprint density at radius 3 is 1.64 bits per heavy atom. The van der Waals surface area contributed by atoms with Gasteiger partial charge in [0.15, 0.2) is 0 Å². The largest absolute Gasteiger partial charge is 0.506 e. The second-order valence-corrected chi connectivity index (χ2v) is 15.6. The molecular weight excluding hydrogens is 753 g/mol. The Hall–Kier alpha value is -5.65. The lowest BCUT2D eigenvalue weighted by Gasteiger charge is -2.27. The number of carbonyl (C=O) groups is 3. The van der Waals surface area contributed by atoms with Crippen molar-refractivity contribution in [3.63, 3.8) is 0 Å². The highest BCUT2D eigenvalue weighted by Crippen LogP contribution is 2.48. The summed E-state index contributed by atoms with van der Waals surface area (Å²) >= 11 is 13.0. The van der Waals surface area contributed by atoms with Crippen molar-refractivity contribution in [3.05, 3.63) is 106 Å². The number of rotatable bonds is 8. The molecular formula is C43H39Cl2N5O6. The maximum absolute atomic E-state index is 14.4. The standard InChI is InChI=1S/C43H39Cl2N5O6/c1-22-15-46-41-33(51)11-31-39(37(22)41)24(13-44)17-49(31)35(53)19-48(43(55)56-21-30-28-9-5-3-7-26(28)27-8-4-6-10-29(27)30)20-36(54)50-18-25(14-45)40-32(50)12-34(52)42-38(40)23(2)16-47-42/h3-12,15-16,24-25,30,46-47,51-52H,13-14,17-21H2,1-2H3/t24-,25-/m1/s1. The van der Waals surface area contributed by atoms with Gasteiger partial charge in [0.25, 0.3) is 0 Å². The zero-order chi connectivity index (χ0) is 39.0. The van der Waals surface area contributed by atoms with Crippen LogP contribution < -0.4 is 9.80 Å². The van der Waals surface area contributed by atoms with E-state index in [0.717, 1.165) is 60.2 Å². The van der Waals surface area contributed by atoms with Crippen LogP contribution in [0.5, 0.6) is 11.5 Å². The third kappa shape index (κ3) is 5.58. The van der Waals surface area contributed by atoms with E-state index in [1.807, 2.05) is 62.4 Å². The highest BCUT2D eigenvalue weighted by Gasteiger charge is 2.40. The highest BCUT2D eigenvalue weighted by atomic mass is 35.5. The average Bonchev–Trinajstić information content (AvgIpc) is 4.02. The number of carbonyl (C=O) groups excluding carboxylic acids is 3. The van der Waals surface area contributed by atoms with E-state index in [4.69, 9.17) is 27.9 Å². The average molecular weight is 793 g/mol. The van der Waals surface area contributed by atoms with Crippen molar-refractivity contribution in [1.29, 1.82) is 0 Å². The van der Waals surface area contributed by atoms with E-state index in [0.29, 0.717) is 22.4 Å². The van der Waals surface area contributed by atoms with Crippen LogP contribution in [0.15, 0.2) is 73.1 Å². The number of phenols is 2. The number of nitrogens with zero attached hydrogens (tertiary/aromatic N) is 3. The summed E-state index contributed by atoms with van der Waals surface area (Å²) in [4.78, 5) is 53.5. The van der Waals surface area contributed by atoms with Gasteiger partial charge in [-0.1, -0.05) is 48.5 Å². The Bertz CT molecular complexity index is 2430. The van der Waals surface area contributed by atoms with Crippen LogP contribution in [0, 0.1) is 13.8 Å². The maximum atomic E-state index is 14.4. The van der Waals surface area contributed by atoms with Gasteiger partial charge in [0.05, 0.1) is 22.4 Å². The molecule has 0 spiro atoms. The van der Waals surface area contributed by atoms with Crippen molar-refractivity contribution >= 4 is 74.3 Å². The number of hydrogen-bond acceptors (Lipinski definition) is 6. The number of ether oxygens (including phenoxy) is 1. The third-order valence-electron chi connectivity index (χ3n) is 11.7. The van der Waals surface area contributed by atoms with E-state index in [9.17, 15) is 24.6 Å². The van der Waals surface area contributed by atoms with Crippen molar-refractivity contribution in [2.45, 2.75) is 31.6 Å². The fourth-order valence-electron chi connectivity index (χ4n) is 9.14. The predicted octanol–water partition coefficient (Wildman–Crippen LogP) is 7.97. The Morgan fingerprint density at radius 2 is 1.20 bits per heavy atom. The summed E-state index contributed by atoms with van der Waals surface area (Å²) in [5.74, 6) is -1.20. The fraction of sp³-hybridized carbons (Fsp3) is 0.279. The molecule has 4 heterocycles. The van der Waals surface area contributed by atoms with Crippen molar-refractivity contribution < 1.29 is 29.3 Å². The lowest BCUT2D eigenvalue weighted by Crippen LogP contribution is -2.48. The van der Waals surface area contributed by atoms with Crippen molar-refractivity contribution in [3.8, 4) is 22.6 Å². The molecule has 2 aromatic heterocycles.